The van der Waals surface area contributed by atoms with Gasteiger partial charge >= 0.3 is 0 Å². The van der Waals surface area contributed by atoms with Gasteiger partial charge in [-0.05, 0) is 67.6 Å². The van der Waals surface area contributed by atoms with Crippen molar-refractivity contribution >= 4 is 38.2 Å². The van der Waals surface area contributed by atoms with Gasteiger partial charge in [0.05, 0.1) is 41.2 Å². The number of benzene rings is 1. The summed E-state index contributed by atoms with van der Waals surface area (Å²) in [5.74, 6) is 0.162. The molecule has 2 unspecified atom stereocenters. The number of fused-ring (bicyclic) bond motifs is 1. The lowest BCUT2D eigenvalue weighted by atomic mass is 9.82. The van der Waals surface area contributed by atoms with E-state index < -0.39 is 15.9 Å². The zero-order valence-electron chi connectivity index (χ0n) is 27.5. The molecule has 0 bridgehead atoms. The minimum Gasteiger partial charge on any atom is -0.374 e. The van der Waals surface area contributed by atoms with Crippen molar-refractivity contribution in [2.45, 2.75) is 140 Å². The quantitative estimate of drug-likeness (QED) is 0.0967. The topological polar surface area (TPSA) is 78.9 Å². The van der Waals surface area contributed by atoms with Crippen molar-refractivity contribution in [2.24, 2.45) is 23.7 Å². The lowest BCUT2D eigenvalue weighted by Gasteiger charge is -2.42. The third-order valence-electron chi connectivity index (χ3n) is 10.7. The van der Waals surface area contributed by atoms with E-state index in [0.717, 1.165) is 49.4 Å². The number of carbonyl (C=O) groups is 1. The van der Waals surface area contributed by atoms with E-state index in [0.29, 0.717) is 16.4 Å². The van der Waals surface area contributed by atoms with Crippen LogP contribution in [-0.4, -0.2) is 60.5 Å². The zero-order valence-corrected chi connectivity index (χ0v) is 30.5. The zero-order chi connectivity index (χ0) is 32.1. The van der Waals surface area contributed by atoms with Crippen LogP contribution in [-0.2, 0) is 28.8 Å². The first kappa shape index (κ1) is 36.0. The van der Waals surface area contributed by atoms with Crippen molar-refractivity contribution < 1.29 is 27.4 Å². The van der Waals surface area contributed by atoms with Gasteiger partial charge in [0, 0.05) is 23.2 Å². The van der Waals surface area contributed by atoms with Gasteiger partial charge in [0.15, 0.2) is 15.6 Å². The van der Waals surface area contributed by atoms with E-state index in [2.05, 4.69) is 63.8 Å². The Hall–Kier alpha value is -0.810. The molecule has 3 heterocycles. The minimum absolute atomic E-state index is 0.0219. The molecule has 8 heteroatoms. The highest BCUT2D eigenvalue weighted by atomic mass is 127. The first-order valence-electron chi connectivity index (χ1n) is 17.0. The van der Waals surface area contributed by atoms with Gasteiger partial charge in [0.1, 0.15) is 5.60 Å². The summed E-state index contributed by atoms with van der Waals surface area (Å²) in [6, 6.07) is 8.62. The molecule has 1 aromatic rings. The summed E-state index contributed by atoms with van der Waals surface area (Å²) in [4.78, 5) is 14.0. The maximum Gasteiger partial charge on any atom is 0.178 e. The number of rotatable bonds is 16. The average molecular weight is 743 g/mol. The normalized spacial score (nSPS) is 33.5. The van der Waals surface area contributed by atoms with Crippen molar-refractivity contribution in [3.8, 4) is 0 Å². The number of Topliss-reactive ketones (excluding diaryl/α,β-unsaturated/α-hetero) is 1. The highest BCUT2D eigenvalue weighted by molar-refractivity contribution is 14.1. The van der Waals surface area contributed by atoms with Crippen LogP contribution in [0, 0.1) is 23.7 Å². The van der Waals surface area contributed by atoms with Gasteiger partial charge in [-0.25, -0.2) is 8.42 Å². The van der Waals surface area contributed by atoms with Crippen LogP contribution >= 0.6 is 22.6 Å². The largest absolute Gasteiger partial charge is 0.374 e. The van der Waals surface area contributed by atoms with Gasteiger partial charge in [-0.1, -0.05) is 101 Å². The van der Waals surface area contributed by atoms with Gasteiger partial charge in [0.25, 0.3) is 0 Å². The Morgan fingerprint density at radius 2 is 1.80 bits per heavy atom. The van der Waals surface area contributed by atoms with Gasteiger partial charge in [-0.3, -0.25) is 4.79 Å². The molecule has 0 spiro atoms. The van der Waals surface area contributed by atoms with Crippen molar-refractivity contribution in [1.82, 2.24) is 0 Å². The number of alkyl halides is 1. The maximum absolute atomic E-state index is 13.7. The molecule has 6 nitrogen and oxygen atoms in total. The number of unbranched alkanes of at least 4 members (excludes halogenated alkanes) is 1. The van der Waals surface area contributed by atoms with Crippen LogP contribution in [0.25, 0.3) is 0 Å². The number of carbonyl (C=O) groups excluding carboxylic acids is 1. The lowest BCUT2D eigenvalue weighted by molar-refractivity contribution is -0.155. The molecule has 3 aliphatic rings. The second-order valence-electron chi connectivity index (χ2n) is 14.0. The van der Waals surface area contributed by atoms with E-state index in [9.17, 15) is 13.2 Å². The van der Waals surface area contributed by atoms with E-state index in [-0.39, 0.29) is 65.7 Å². The maximum atomic E-state index is 13.7. The SMILES string of the molecule is C=C(C(=O)C[C@@H]1OC(C[C@H](C)CC)[C@H](C)[C@H]1CS(=O)(=O)c1ccccc1)[C@H](C)CC1CC[C@@H]2O[C@@H](CCCC)C[C@]2(CI)O1. The summed E-state index contributed by atoms with van der Waals surface area (Å²) >= 11 is 2.45. The smallest absolute Gasteiger partial charge is 0.178 e. The number of halogens is 1. The summed E-state index contributed by atoms with van der Waals surface area (Å²) in [6.07, 6.45) is 9.12. The lowest BCUT2D eigenvalue weighted by Crippen LogP contribution is -2.50. The molecule has 0 radical (unpaired) electrons. The summed E-state index contributed by atoms with van der Waals surface area (Å²) in [6.45, 7) is 15.0. The summed E-state index contributed by atoms with van der Waals surface area (Å²) < 4.78 is 47.6. The second kappa shape index (κ2) is 15.9. The molecule has 44 heavy (non-hydrogen) atoms. The summed E-state index contributed by atoms with van der Waals surface area (Å²) in [5, 5.41) is 0. The monoisotopic (exact) mass is 742 g/mol. The molecule has 0 aliphatic carbocycles. The standard InChI is InChI=1S/C36H55IO6S/c1-7-9-13-29-21-36(23-37)35(41-29)17-16-28(43-36)19-25(4)26(5)32(38)20-34-31(27(6)33(42-34)18-24(3)8-2)22-44(39,40)30-14-11-10-12-15-30/h10-12,14-15,24-25,27-29,31,33-35H,5,7-9,13,16-23H2,1-4,6H3/t24-,25-,27-,28?,29+,31-,33?,34+,35+,36-/m1/s1. The number of ketones is 1. The molecule has 0 saturated carbocycles. The molecule has 3 aliphatic heterocycles. The average Bonchev–Trinajstić information content (AvgIpc) is 3.52. The third-order valence-corrected chi connectivity index (χ3v) is 13.8. The molecular weight excluding hydrogens is 687 g/mol. The van der Waals surface area contributed by atoms with Gasteiger partial charge in [0.2, 0.25) is 0 Å². The number of allylic oxidation sites excluding steroid dienone is 1. The van der Waals surface area contributed by atoms with Crippen LogP contribution in [0.3, 0.4) is 0 Å². The minimum atomic E-state index is -3.52. The molecular formula is C36H55IO6S. The van der Waals surface area contributed by atoms with Crippen molar-refractivity contribution in [1.29, 1.82) is 0 Å². The van der Waals surface area contributed by atoms with Crippen LogP contribution in [0.2, 0.25) is 0 Å². The first-order valence-corrected chi connectivity index (χ1v) is 20.1. The van der Waals surface area contributed by atoms with E-state index in [1.54, 1.807) is 24.3 Å². The van der Waals surface area contributed by atoms with E-state index in [4.69, 9.17) is 14.2 Å². The molecule has 0 N–H and O–H groups in total. The Kier molecular flexibility index (Phi) is 13.0. The molecule has 3 fully saturated rings. The van der Waals surface area contributed by atoms with Crippen LogP contribution in [0.5, 0.6) is 0 Å². The van der Waals surface area contributed by atoms with Crippen molar-refractivity contribution in [3.63, 3.8) is 0 Å². The molecule has 0 amide bonds. The fraction of sp³-hybridized carbons (Fsp3) is 0.750. The number of hydrogen-bond acceptors (Lipinski definition) is 6. The second-order valence-corrected chi connectivity index (χ2v) is 16.8. The Bertz CT molecular complexity index is 1200. The fourth-order valence-corrected chi connectivity index (χ4v) is 10.3. The summed E-state index contributed by atoms with van der Waals surface area (Å²) in [5.41, 5.74) is 0.358. The van der Waals surface area contributed by atoms with Crippen LogP contribution in [0.1, 0.15) is 98.8 Å². The summed E-state index contributed by atoms with van der Waals surface area (Å²) in [7, 11) is -3.52. The van der Waals surface area contributed by atoms with Crippen LogP contribution in [0.15, 0.2) is 47.4 Å². The first-order chi connectivity index (χ1) is 20.9. The number of sulfone groups is 1. The highest BCUT2D eigenvalue weighted by Crippen LogP contribution is 2.45. The molecule has 10 atom stereocenters. The number of hydrogen-bond donors (Lipinski definition) is 0. The molecule has 248 valence electrons. The van der Waals surface area contributed by atoms with Gasteiger partial charge in [-0.2, -0.15) is 0 Å². The van der Waals surface area contributed by atoms with Gasteiger partial charge < -0.3 is 14.2 Å². The van der Waals surface area contributed by atoms with Crippen molar-refractivity contribution in [2.75, 3.05) is 10.2 Å². The van der Waals surface area contributed by atoms with Crippen molar-refractivity contribution in [3.05, 3.63) is 42.5 Å². The Balaban J connectivity index is 1.40. The number of ether oxygens (including phenoxy) is 3. The van der Waals surface area contributed by atoms with E-state index in [1.165, 1.54) is 12.8 Å². The molecule has 4 rings (SSSR count). The van der Waals surface area contributed by atoms with Crippen LogP contribution < -0.4 is 0 Å². The van der Waals surface area contributed by atoms with Gasteiger partial charge in [-0.15, -0.1) is 0 Å². The Labute approximate surface area is 280 Å². The highest BCUT2D eigenvalue weighted by Gasteiger charge is 2.52. The molecule has 3 saturated heterocycles. The third kappa shape index (κ3) is 8.55. The predicted octanol–water partition coefficient (Wildman–Crippen LogP) is 8.16. The molecule has 0 aromatic heterocycles. The Morgan fingerprint density at radius 3 is 2.45 bits per heavy atom. The Morgan fingerprint density at radius 1 is 1.07 bits per heavy atom. The van der Waals surface area contributed by atoms with E-state index in [1.807, 2.05) is 6.07 Å². The van der Waals surface area contributed by atoms with Crippen LogP contribution in [0.4, 0.5) is 0 Å². The van der Waals surface area contributed by atoms with E-state index >= 15 is 0 Å². The molecule has 1 aromatic carbocycles. The fourth-order valence-electron chi connectivity index (χ4n) is 7.50. The predicted molar refractivity (Wildman–Crippen MR) is 185 cm³/mol.